The molecule has 0 saturated heterocycles. The minimum Gasteiger partial charge on any atom is -0.314 e. The van der Waals surface area contributed by atoms with Gasteiger partial charge in [-0.1, -0.05) is 13.0 Å². The van der Waals surface area contributed by atoms with Crippen LogP contribution in [0.15, 0.2) is 34.1 Å². The minimum atomic E-state index is -0.474. The second kappa shape index (κ2) is 7.29. The monoisotopic (exact) mass is 359 g/mol. The fraction of sp³-hybridized carbons (Fsp3) is 0.333. The van der Waals surface area contributed by atoms with Gasteiger partial charge in [-0.15, -0.1) is 11.3 Å². The Kier molecular flexibility index (Phi) is 5.69. The summed E-state index contributed by atoms with van der Waals surface area (Å²) in [6, 6.07) is 6.02. The van der Waals surface area contributed by atoms with Crippen LogP contribution in [-0.4, -0.2) is 12.6 Å². The van der Waals surface area contributed by atoms with Gasteiger partial charge in [-0.2, -0.15) is 0 Å². The number of thiophene rings is 1. The van der Waals surface area contributed by atoms with E-state index in [0.29, 0.717) is 6.42 Å². The van der Waals surface area contributed by atoms with E-state index in [4.69, 9.17) is 0 Å². The molecule has 108 valence electrons. The van der Waals surface area contributed by atoms with Crippen LogP contribution >= 0.6 is 27.3 Å². The molecule has 1 unspecified atom stereocenters. The third kappa shape index (κ3) is 3.87. The summed E-state index contributed by atoms with van der Waals surface area (Å²) < 4.78 is 28.5. The molecule has 1 atom stereocenters. The quantitative estimate of drug-likeness (QED) is 0.797. The molecule has 0 bridgehead atoms. The highest BCUT2D eigenvalue weighted by molar-refractivity contribution is 9.10. The molecule has 2 aromatic rings. The summed E-state index contributed by atoms with van der Waals surface area (Å²) in [7, 11) is 0. The Morgan fingerprint density at radius 2 is 1.90 bits per heavy atom. The van der Waals surface area contributed by atoms with Crippen molar-refractivity contribution < 1.29 is 8.78 Å². The highest BCUT2D eigenvalue weighted by Crippen LogP contribution is 2.25. The van der Waals surface area contributed by atoms with Crippen LogP contribution in [0, 0.1) is 11.6 Å². The Morgan fingerprint density at radius 1 is 1.20 bits per heavy atom. The second-order valence-corrected chi connectivity index (χ2v) is 6.41. The minimum absolute atomic E-state index is 0.0151. The van der Waals surface area contributed by atoms with Gasteiger partial charge < -0.3 is 5.32 Å². The van der Waals surface area contributed by atoms with Gasteiger partial charge in [0.15, 0.2) is 0 Å². The molecule has 1 aromatic heterocycles. The summed E-state index contributed by atoms with van der Waals surface area (Å²) in [5.74, 6) is -0.948. The zero-order chi connectivity index (χ0) is 14.5. The summed E-state index contributed by atoms with van der Waals surface area (Å²) in [6.07, 6.45) is 1.09. The molecule has 1 N–H and O–H groups in total. The molecule has 1 heterocycles. The molecule has 1 nitrogen and oxygen atoms in total. The molecule has 0 aliphatic carbocycles. The van der Waals surface area contributed by atoms with Crippen LogP contribution < -0.4 is 5.32 Å². The number of hydrogen-bond donors (Lipinski definition) is 1. The van der Waals surface area contributed by atoms with Crippen LogP contribution in [-0.2, 0) is 12.8 Å². The zero-order valence-corrected chi connectivity index (χ0v) is 13.5. The van der Waals surface area contributed by atoms with Crippen molar-refractivity contribution in [3.63, 3.8) is 0 Å². The third-order valence-corrected chi connectivity index (χ3v) is 5.08. The van der Waals surface area contributed by atoms with Gasteiger partial charge >= 0.3 is 0 Å². The van der Waals surface area contributed by atoms with Gasteiger partial charge in [0.1, 0.15) is 11.6 Å². The van der Waals surface area contributed by atoms with Crippen LogP contribution in [0.3, 0.4) is 0 Å². The highest BCUT2D eigenvalue weighted by atomic mass is 79.9. The predicted octanol–water partition coefficient (Wildman–Crippen LogP) is 4.55. The van der Waals surface area contributed by atoms with E-state index in [0.717, 1.165) is 17.4 Å². The molecule has 0 amide bonds. The van der Waals surface area contributed by atoms with Crippen molar-refractivity contribution in [1.29, 1.82) is 0 Å². The number of rotatable bonds is 6. The molecule has 2 rings (SSSR count). The Morgan fingerprint density at radius 3 is 2.45 bits per heavy atom. The molecule has 1 aromatic carbocycles. The van der Waals surface area contributed by atoms with E-state index in [2.05, 4.69) is 21.2 Å². The van der Waals surface area contributed by atoms with Gasteiger partial charge in [-0.05, 0) is 58.9 Å². The first-order valence-corrected chi connectivity index (χ1v) is 8.17. The molecule has 5 heteroatoms. The number of hydrogen-bond acceptors (Lipinski definition) is 2. The molecule has 0 aliphatic heterocycles. The van der Waals surface area contributed by atoms with Crippen LogP contribution in [0.5, 0.6) is 0 Å². The largest absolute Gasteiger partial charge is 0.314 e. The Labute approximate surface area is 130 Å². The van der Waals surface area contributed by atoms with Crippen molar-refractivity contribution in [2.75, 3.05) is 6.54 Å². The molecule has 20 heavy (non-hydrogen) atoms. The molecular weight excluding hydrogens is 344 g/mol. The molecular formula is C15H16BrF2NS. The molecule has 0 saturated carbocycles. The number of halogens is 3. The zero-order valence-electron chi connectivity index (χ0n) is 11.1. The summed E-state index contributed by atoms with van der Waals surface area (Å²) in [4.78, 5) is 1.19. The lowest BCUT2D eigenvalue weighted by molar-refractivity contribution is 0.485. The summed E-state index contributed by atoms with van der Waals surface area (Å²) >= 11 is 5.14. The van der Waals surface area contributed by atoms with Gasteiger partial charge in [-0.3, -0.25) is 0 Å². The van der Waals surface area contributed by atoms with Gasteiger partial charge in [0, 0.05) is 21.0 Å². The van der Waals surface area contributed by atoms with Gasteiger partial charge in [0.25, 0.3) is 0 Å². The first-order chi connectivity index (χ1) is 9.61. The Hall–Kier alpha value is -0.780. The highest BCUT2D eigenvalue weighted by Gasteiger charge is 2.17. The standard InChI is InChI=1S/C15H16BrF2NS/c1-2-19-10(9-15-12(16)6-7-20-15)8-11-13(17)4-3-5-14(11)18/h3-7,10,19H,2,8-9H2,1H3. The SMILES string of the molecule is CCNC(Cc1sccc1Br)Cc1c(F)cccc1F. The Balaban J connectivity index is 2.15. The third-order valence-electron chi connectivity index (χ3n) is 3.13. The maximum absolute atomic E-state index is 13.7. The number of nitrogens with one attached hydrogen (secondary N) is 1. The van der Waals surface area contributed by atoms with Crippen molar-refractivity contribution in [3.05, 3.63) is 56.2 Å². The van der Waals surface area contributed by atoms with E-state index in [-0.39, 0.29) is 11.6 Å². The summed E-state index contributed by atoms with van der Waals surface area (Å²) in [5, 5.41) is 5.31. The van der Waals surface area contributed by atoms with Gasteiger partial charge in [0.05, 0.1) is 0 Å². The first kappa shape index (κ1) is 15.6. The molecule has 0 spiro atoms. The lowest BCUT2D eigenvalue weighted by Crippen LogP contribution is -2.33. The van der Waals surface area contributed by atoms with Crippen molar-refractivity contribution in [1.82, 2.24) is 5.32 Å². The normalized spacial score (nSPS) is 12.6. The lowest BCUT2D eigenvalue weighted by Gasteiger charge is -2.18. The smallest absolute Gasteiger partial charge is 0.129 e. The Bertz CT molecular complexity index is 551. The fourth-order valence-corrected chi connectivity index (χ4v) is 3.77. The van der Waals surface area contributed by atoms with Crippen molar-refractivity contribution in [2.24, 2.45) is 0 Å². The lowest BCUT2D eigenvalue weighted by atomic mass is 10.0. The van der Waals surface area contributed by atoms with Crippen molar-refractivity contribution in [2.45, 2.75) is 25.8 Å². The number of benzene rings is 1. The van der Waals surface area contributed by atoms with E-state index in [9.17, 15) is 8.78 Å². The van der Waals surface area contributed by atoms with E-state index in [1.807, 2.05) is 18.4 Å². The average Bonchev–Trinajstić information content (AvgIpc) is 2.80. The van der Waals surface area contributed by atoms with Crippen LogP contribution in [0.4, 0.5) is 8.78 Å². The maximum Gasteiger partial charge on any atom is 0.129 e. The van der Waals surface area contributed by atoms with Crippen molar-refractivity contribution >= 4 is 27.3 Å². The molecule has 0 fully saturated rings. The predicted molar refractivity (Wildman–Crippen MR) is 83.2 cm³/mol. The van der Waals surface area contributed by atoms with E-state index in [1.165, 1.54) is 23.1 Å². The topological polar surface area (TPSA) is 12.0 Å². The summed E-state index contributed by atoms with van der Waals surface area (Å²) in [6.45, 7) is 2.76. The fourth-order valence-electron chi connectivity index (χ4n) is 2.17. The van der Waals surface area contributed by atoms with E-state index in [1.54, 1.807) is 11.3 Å². The molecule has 0 radical (unpaired) electrons. The average molecular weight is 360 g/mol. The van der Waals surface area contributed by atoms with Crippen LogP contribution in [0.25, 0.3) is 0 Å². The van der Waals surface area contributed by atoms with Crippen LogP contribution in [0.2, 0.25) is 0 Å². The summed E-state index contributed by atoms with van der Waals surface area (Å²) in [5.41, 5.74) is 0.158. The molecule has 0 aliphatic rings. The van der Waals surface area contributed by atoms with Crippen molar-refractivity contribution in [3.8, 4) is 0 Å². The maximum atomic E-state index is 13.7. The van der Waals surface area contributed by atoms with Crippen LogP contribution in [0.1, 0.15) is 17.4 Å². The second-order valence-electron chi connectivity index (χ2n) is 4.55. The van der Waals surface area contributed by atoms with Gasteiger partial charge in [-0.25, -0.2) is 8.78 Å². The van der Waals surface area contributed by atoms with Gasteiger partial charge in [0.2, 0.25) is 0 Å². The van der Waals surface area contributed by atoms with E-state index < -0.39 is 11.6 Å². The number of likely N-dealkylation sites (N-methyl/N-ethyl adjacent to an activating group) is 1. The first-order valence-electron chi connectivity index (χ1n) is 6.50. The van der Waals surface area contributed by atoms with E-state index >= 15 is 0 Å².